The highest BCUT2D eigenvalue weighted by Crippen LogP contribution is 2.04. The third-order valence-corrected chi connectivity index (χ3v) is 4.35. The normalized spacial score (nSPS) is 15.5. The van der Waals surface area contributed by atoms with Gasteiger partial charge in [-0.15, -0.1) is 0 Å². The van der Waals surface area contributed by atoms with Gasteiger partial charge in [0.15, 0.2) is 0 Å². The van der Waals surface area contributed by atoms with Gasteiger partial charge < -0.3 is 11.1 Å². The average Bonchev–Trinajstić information content (AvgIpc) is 2.42. The first-order valence-electron chi connectivity index (χ1n) is 6.40. The standard InChI is InChI=1S/C14H22N2O2S/c1-11(19(2)18)10-16-14(17)13(15)9-8-12-6-4-3-5-7-12/h3-7,11,13H,8-10,15H2,1-2H3,(H,16,17). The average molecular weight is 282 g/mol. The molecule has 0 spiro atoms. The van der Waals surface area contributed by atoms with Crippen molar-refractivity contribution in [3.63, 3.8) is 0 Å². The van der Waals surface area contributed by atoms with Gasteiger partial charge in [0.2, 0.25) is 5.91 Å². The Balaban J connectivity index is 2.31. The Bertz CT molecular complexity index is 423. The summed E-state index contributed by atoms with van der Waals surface area (Å²) in [6.07, 6.45) is 3.02. The van der Waals surface area contributed by atoms with Crippen LogP contribution in [0, 0.1) is 0 Å². The van der Waals surface area contributed by atoms with E-state index in [1.165, 1.54) is 5.56 Å². The quantitative estimate of drug-likeness (QED) is 0.778. The maximum Gasteiger partial charge on any atom is 0.236 e. The molecule has 0 fully saturated rings. The Labute approximate surface area is 117 Å². The molecule has 1 rings (SSSR count). The van der Waals surface area contributed by atoms with Crippen molar-refractivity contribution in [3.05, 3.63) is 35.9 Å². The van der Waals surface area contributed by atoms with Crippen LogP contribution in [0.1, 0.15) is 18.9 Å². The molecule has 106 valence electrons. The number of nitrogens with one attached hydrogen (secondary N) is 1. The van der Waals surface area contributed by atoms with Crippen molar-refractivity contribution in [2.45, 2.75) is 31.1 Å². The zero-order valence-electron chi connectivity index (χ0n) is 11.5. The van der Waals surface area contributed by atoms with Crippen molar-refractivity contribution in [2.24, 2.45) is 5.73 Å². The van der Waals surface area contributed by atoms with E-state index in [4.69, 9.17) is 5.73 Å². The first kappa shape index (κ1) is 15.9. The van der Waals surface area contributed by atoms with E-state index < -0.39 is 16.8 Å². The lowest BCUT2D eigenvalue weighted by Gasteiger charge is -2.14. The van der Waals surface area contributed by atoms with Crippen molar-refractivity contribution in [1.29, 1.82) is 0 Å². The Hall–Kier alpha value is -1.20. The highest BCUT2D eigenvalue weighted by atomic mass is 32.2. The van der Waals surface area contributed by atoms with Gasteiger partial charge in [0, 0.05) is 28.9 Å². The van der Waals surface area contributed by atoms with Crippen LogP contribution in [0.4, 0.5) is 0 Å². The lowest BCUT2D eigenvalue weighted by molar-refractivity contribution is -0.122. The summed E-state index contributed by atoms with van der Waals surface area (Å²) in [5.74, 6) is -0.173. The number of rotatable bonds is 7. The maximum absolute atomic E-state index is 11.8. The third kappa shape index (κ3) is 5.98. The van der Waals surface area contributed by atoms with Crippen LogP contribution < -0.4 is 11.1 Å². The maximum atomic E-state index is 11.8. The Morgan fingerprint density at radius 1 is 1.37 bits per heavy atom. The molecule has 0 aromatic heterocycles. The van der Waals surface area contributed by atoms with Gasteiger partial charge >= 0.3 is 0 Å². The summed E-state index contributed by atoms with van der Waals surface area (Å²) in [4.78, 5) is 11.8. The second-order valence-corrected chi connectivity index (χ2v) is 6.49. The Kier molecular flexibility index (Phi) is 6.73. The summed E-state index contributed by atoms with van der Waals surface area (Å²) in [6, 6.07) is 9.43. The first-order chi connectivity index (χ1) is 9.00. The Morgan fingerprint density at radius 3 is 2.58 bits per heavy atom. The van der Waals surface area contributed by atoms with Gasteiger partial charge in [0.25, 0.3) is 0 Å². The molecule has 0 saturated carbocycles. The van der Waals surface area contributed by atoms with Crippen molar-refractivity contribution >= 4 is 16.7 Å². The van der Waals surface area contributed by atoms with Crippen molar-refractivity contribution in [3.8, 4) is 0 Å². The van der Waals surface area contributed by atoms with Crippen LogP contribution in [0.2, 0.25) is 0 Å². The zero-order valence-corrected chi connectivity index (χ0v) is 12.3. The van der Waals surface area contributed by atoms with E-state index in [2.05, 4.69) is 5.32 Å². The molecule has 0 radical (unpaired) electrons. The van der Waals surface area contributed by atoms with E-state index >= 15 is 0 Å². The second-order valence-electron chi connectivity index (χ2n) is 4.69. The number of nitrogens with two attached hydrogens (primary N) is 1. The van der Waals surface area contributed by atoms with Gasteiger partial charge in [0.05, 0.1) is 6.04 Å². The van der Waals surface area contributed by atoms with Gasteiger partial charge in [-0.3, -0.25) is 9.00 Å². The summed E-state index contributed by atoms with van der Waals surface area (Å²) in [6.45, 7) is 2.24. The van der Waals surface area contributed by atoms with E-state index in [9.17, 15) is 9.00 Å². The number of hydrogen-bond acceptors (Lipinski definition) is 3. The molecule has 1 aromatic carbocycles. The van der Waals surface area contributed by atoms with E-state index in [1.807, 2.05) is 37.3 Å². The number of amides is 1. The number of benzene rings is 1. The minimum Gasteiger partial charge on any atom is -0.354 e. The van der Waals surface area contributed by atoms with Crippen LogP contribution in [-0.4, -0.2) is 34.2 Å². The molecule has 1 aromatic rings. The highest BCUT2D eigenvalue weighted by Gasteiger charge is 2.15. The van der Waals surface area contributed by atoms with E-state index in [-0.39, 0.29) is 11.2 Å². The molecule has 0 aliphatic heterocycles. The summed E-state index contributed by atoms with van der Waals surface area (Å²) in [5, 5.41) is 2.69. The molecule has 3 unspecified atom stereocenters. The molecule has 4 nitrogen and oxygen atoms in total. The summed E-state index contributed by atoms with van der Waals surface area (Å²) >= 11 is 0. The molecule has 1 amide bonds. The fraction of sp³-hybridized carbons (Fsp3) is 0.500. The number of aryl methyl sites for hydroxylation is 1. The molecule has 0 aliphatic rings. The topological polar surface area (TPSA) is 72.2 Å². The summed E-state index contributed by atoms with van der Waals surface area (Å²) in [7, 11) is -0.929. The predicted molar refractivity (Wildman–Crippen MR) is 79.3 cm³/mol. The largest absolute Gasteiger partial charge is 0.354 e. The molecule has 3 atom stereocenters. The first-order valence-corrected chi connectivity index (χ1v) is 8.02. The molecular weight excluding hydrogens is 260 g/mol. The van der Waals surface area contributed by atoms with E-state index in [0.717, 1.165) is 6.42 Å². The molecule has 5 heteroatoms. The number of hydrogen-bond donors (Lipinski definition) is 2. The van der Waals surface area contributed by atoms with Gasteiger partial charge in [-0.1, -0.05) is 30.3 Å². The summed E-state index contributed by atoms with van der Waals surface area (Å²) < 4.78 is 11.2. The molecule has 0 aliphatic carbocycles. The third-order valence-electron chi connectivity index (χ3n) is 3.05. The minimum atomic E-state index is -0.929. The van der Waals surface area contributed by atoms with Gasteiger partial charge in [0.1, 0.15) is 0 Å². The van der Waals surface area contributed by atoms with E-state index in [0.29, 0.717) is 13.0 Å². The second kappa shape index (κ2) is 8.07. The molecule has 0 heterocycles. The lowest BCUT2D eigenvalue weighted by atomic mass is 10.1. The smallest absolute Gasteiger partial charge is 0.236 e. The SMILES string of the molecule is CC(CNC(=O)C(N)CCc1ccccc1)S(C)=O. The minimum absolute atomic E-state index is 0.0507. The summed E-state index contributed by atoms with van der Waals surface area (Å²) in [5.41, 5.74) is 7.01. The predicted octanol–water partition coefficient (Wildman–Crippen LogP) is 0.830. The van der Waals surface area contributed by atoms with Crippen LogP contribution in [0.3, 0.4) is 0 Å². The van der Waals surface area contributed by atoms with Gasteiger partial charge in [-0.2, -0.15) is 0 Å². The monoisotopic (exact) mass is 282 g/mol. The fourth-order valence-electron chi connectivity index (χ4n) is 1.59. The fourth-order valence-corrected chi connectivity index (χ4v) is 1.91. The zero-order chi connectivity index (χ0) is 14.3. The van der Waals surface area contributed by atoms with Crippen LogP contribution in [0.25, 0.3) is 0 Å². The lowest BCUT2D eigenvalue weighted by Crippen LogP contribution is -2.43. The van der Waals surface area contributed by atoms with Crippen LogP contribution >= 0.6 is 0 Å². The van der Waals surface area contributed by atoms with Crippen LogP contribution in [0.15, 0.2) is 30.3 Å². The number of carbonyl (C=O) groups is 1. The van der Waals surface area contributed by atoms with Crippen molar-refractivity contribution in [2.75, 3.05) is 12.8 Å². The van der Waals surface area contributed by atoms with Crippen LogP contribution in [0.5, 0.6) is 0 Å². The van der Waals surface area contributed by atoms with E-state index in [1.54, 1.807) is 6.26 Å². The van der Waals surface area contributed by atoms with Gasteiger partial charge in [-0.25, -0.2) is 0 Å². The highest BCUT2D eigenvalue weighted by molar-refractivity contribution is 7.84. The number of carbonyl (C=O) groups excluding carboxylic acids is 1. The molecule has 0 saturated heterocycles. The van der Waals surface area contributed by atoms with Crippen molar-refractivity contribution < 1.29 is 9.00 Å². The van der Waals surface area contributed by atoms with Crippen LogP contribution in [-0.2, 0) is 22.0 Å². The molecular formula is C14H22N2O2S. The van der Waals surface area contributed by atoms with Crippen molar-refractivity contribution in [1.82, 2.24) is 5.32 Å². The molecule has 3 N–H and O–H groups in total. The van der Waals surface area contributed by atoms with Gasteiger partial charge in [-0.05, 0) is 25.3 Å². The Morgan fingerprint density at radius 2 is 2.00 bits per heavy atom. The molecule has 0 bridgehead atoms. The molecule has 19 heavy (non-hydrogen) atoms.